The van der Waals surface area contributed by atoms with E-state index in [-0.39, 0.29) is 12.2 Å². The Kier molecular flexibility index (Phi) is 7.09. The van der Waals surface area contributed by atoms with Gasteiger partial charge in [-0.05, 0) is 93.4 Å². The van der Waals surface area contributed by atoms with Gasteiger partial charge in [-0.2, -0.15) is 0 Å². The Morgan fingerprint density at radius 3 is 2.40 bits per heavy atom. The maximum absolute atomic E-state index is 6.23. The van der Waals surface area contributed by atoms with Crippen LogP contribution in [0, 0.1) is 10.7 Å². The van der Waals surface area contributed by atoms with Crippen LogP contribution in [0.3, 0.4) is 0 Å². The third kappa shape index (κ3) is 4.11. The molecule has 6 heteroatoms. The van der Waals surface area contributed by atoms with Crippen LogP contribution in [-0.2, 0) is 4.74 Å². The molecule has 0 aromatic heterocycles. The van der Waals surface area contributed by atoms with Gasteiger partial charge in [-0.3, -0.25) is 0 Å². The highest BCUT2D eigenvalue weighted by molar-refractivity contribution is 14.1. The molecule has 3 atom stereocenters. The average Bonchev–Trinajstić information content (AvgIpc) is 2.37. The molecule has 0 heterocycles. The summed E-state index contributed by atoms with van der Waals surface area (Å²) in [6.07, 6.45) is 1.32. The van der Waals surface area contributed by atoms with Crippen molar-refractivity contribution in [3.8, 4) is 5.75 Å². The molecular formula is C14H18I3NO2. The second-order valence-corrected chi connectivity index (χ2v) is 8.24. The van der Waals surface area contributed by atoms with E-state index in [9.17, 15) is 0 Å². The highest BCUT2D eigenvalue weighted by atomic mass is 127. The summed E-state index contributed by atoms with van der Waals surface area (Å²) < 4.78 is 15.6. The molecule has 0 aliphatic heterocycles. The predicted molar refractivity (Wildman–Crippen MR) is 107 cm³/mol. The summed E-state index contributed by atoms with van der Waals surface area (Å²) in [4.78, 5) is 0. The lowest BCUT2D eigenvalue weighted by Crippen LogP contribution is -2.61. The smallest absolute Gasteiger partial charge is 0.146 e. The van der Waals surface area contributed by atoms with Crippen LogP contribution < -0.4 is 10.1 Å². The number of hydrogen-bond acceptors (Lipinski definition) is 3. The van der Waals surface area contributed by atoms with E-state index in [1.165, 1.54) is 10.7 Å². The highest BCUT2D eigenvalue weighted by Crippen LogP contribution is 2.35. The minimum absolute atomic E-state index is 0.154. The van der Waals surface area contributed by atoms with Crippen LogP contribution in [-0.4, -0.2) is 31.4 Å². The molecule has 0 amide bonds. The third-order valence-corrected chi connectivity index (χ3v) is 5.53. The molecule has 2 rings (SSSR count). The van der Waals surface area contributed by atoms with Crippen molar-refractivity contribution in [2.24, 2.45) is 0 Å². The minimum atomic E-state index is 0.154. The number of nitrogens with one attached hydrogen (secondary N) is 1. The molecule has 1 aromatic rings. The van der Waals surface area contributed by atoms with Gasteiger partial charge in [0.05, 0.1) is 7.14 Å². The SMILES string of the molecule is CCNC1CC(Oc2c(I)cc(I)cc2I)C1OCC. The van der Waals surface area contributed by atoms with E-state index < -0.39 is 0 Å². The second kappa shape index (κ2) is 8.11. The van der Waals surface area contributed by atoms with Gasteiger partial charge in [-0.1, -0.05) is 6.92 Å². The van der Waals surface area contributed by atoms with Gasteiger partial charge in [0.25, 0.3) is 0 Å². The molecule has 1 aliphatic rings. The molecule has 1 N–H and O–H groups in total. The van der Waals surface area contributed by atoms with Crippen molar-refractivity contribution in [1.29, 1.82) is 0 Å². The van der Waals surface area contributed by atoms with Gasteiger partial charge in [0, 0.05) is 22.6 Å². The first-order valence-corrected chi connectivity index (χ1v) is 9.96. The van der Waals surface area contributed by atoms with Crippen molar-refractivity contribution in [2.45, 2.75) is 38.5 Å². The standard InChI is InChI=1S/C14H18I3NO2/c1-3-18-11-7-12(14(11)19-4-2)20-13-9(16)5-8(15)6-10(13)17/h5-6,11-12,14,18H,3-4,7H2,1-2H3. The largest absolute Gasteiger partial charge is 0.485 e. The van der Waals surface area contributed by atoms with Crippen LogP contribution in [0.2, 0.25) is 0 Å². The molecule has 0 saturated heterocycles. The van der Waals surface area contributed by atoms with Gasteiger partial charge >= 0.3 is 0 Å². The number of ether oxygens (including phenoxy) is 2. The quantitative estimate of drug-likeness (QED) is 0.493. The van der Waals surface area contributed by atoms with Gasteiger partial charge < -0.3 is 14.8 Å². The van der Waals surface area contributed by atoms with Crippen molar-refractivity contribution < 1.29 is 9.47 Å². The van der Waals surface area contributed by atoms with Crippen molar-refractivity contribution >= 4 is 67.8 Å². The monoisotopic (exact) mass is 613 g/mol. The molecule has 0 bridgehead atoms. The topological polar surface area (TPSA) is 30.5 Å². The Bertz CT molecular complexity index is 447. The zero-order chi connectivity index (χ0) is 14.7. The van der Waals surface area contributed by atoms with E-state index in [0.717, 1.165) is 25.3 Å². The van der Waals surface area contributed by atoms with Crippen molar-refractivity contribution in [2.75, 3.05) is 13.2 Å². The summed E-state index contributed by atoms with van der Waals surface area (Å²) in [5.74, 6) is 0.997. The Hall–Kier alpha value is 1.13. The average molecular weight is 613 g/mol. The molecular weight excluding hydrogens is 595 g/mol. The second-order valence-electron chi connectivity index (χ2n) is 4.67. The summed E-state index contributed by atoms with van der Waals surface area (Å²) in [5, 5.41) is 3.46. The van der Waals surface area contributed by atoms with E-state index in [4.69, 9.17) is 9.47 Å². The molecule has 3 unspecified atom stereocenters. The van der Waals surface area contributed by atoms with Crippen LogP contribution in [0.5, 0.6) is 5.75 Å². The summed E-state index contributed by atoms with van der Waals surface area (Å²) in [5.41, 5.74) is 0. The zero-order valence-corrected chi connectivity index (χ0v) is 17.9. The lowest BCUT2D eigenvalue weighted by molar-refractivity contribution is -0.104. The predicted octanol–water partition coefficient (Wildman–Crippen LogP) is 4.03. The van der Waals surface area contributed by atoms with E-state index >= 15 is 0 Å². The van der Waals surface area contributed by atoms with Crippen LogP contribution >= 0.6 is 67.8 Å². The van der Waals surface area contributed by atoms with Crippen LogP contribution in [0.4, 0.5) is 0 Å². The zero-order valence-electron chi connectivity index (χ0n) is 11.5. The Morgan fingerprint density at radius 2 is 1.85 bits per heavy atom. The molecule has 0 spiro atoms. The van der Waals surface area contributed by atoms with Gasteiger partial charge in [0.15, 0.2) is 0 Å². The van der Waals surface area contributed by atoms with Crippen LogP contribution in [0.1, 0.15) is 20.3 Å². The number of rotatable bonds is 6. The fourth-order valence-corrected chi connectivity index (χ4v) is 6.20. The molecule has 20 heavy (non-hydrogen) atoms. The van der Waals surface area contributed by atoms with Crippen molar-refractivity contribution in [1.82, 2.24) is 5.32 Å². The highest BCUT2D eigenvalue weighted by Gasteiger charge is 2.43. The van der Waals surface area contributed by atoms with Crippen LogP contribution in [0.25, 0.3) is 0 Å². The van der Waals surface area contributed by atoms with Crippen molar-refractivity contribution in [3.63, 3.8) is 0 Å². The number of likely N-dealkylation sites (N-methyl/N-ethyl adjacent to an activating group) is 1. The Labute approximate surface area is 161 Å². The third-order valence-electron chi connectivity index (χ3n) is 3.31. The van der Waals surface area contributed by atoms with E-state index in [1.807, 2.05) is 6.92 Å². The lowest BCUT2D eigenvalue weighted by atomic mass is 9.85. The molecule has 1 aliphatic carbocycles. The normalized spacial score (nSPS) is 25.4. The minimum Gasteiger partial charge on any atom is -0.485 e. The molecule has 0 radical (unpaired) electrons. The maximum atomic E-state index is 6.23. The molecule has 112 valence electrons. The first kappa shape index (κ1) is 17.5. The summed E-state index contributed by atoms with van der Waals surface area (Å²) in [6.45, 7) is 5.87. The van der Waals surface area contributed by atoms with Gasteiger partial charge in [0.2, 0.25) is 0 Å². The summed E-state index contributed by atoms with van der Waals surface area (Å²) in [6, 6.07) is 4.72. The number of hydrogen-bond donors (Lipinski definition) is 1. The van der Waals surface area contributed by atoms with E-state index in [0.29, 0.717) is 6.04 Å². The Balaban J connectivity index is 2.07. The molecule has 3 nitrogen and oxygen atoms in total. The first-order chi connectivity index (χ1) is 9.56. The molecule has 1 fully saturated rings. The van der Waals surface area contributed by atoms with Gasteiger partial charge in [0.1, 0.15) is 18.0 Å². The van der Waals surface area contributed by atoms with Gasteiger partial charge in [-0.15, -0.1) is 0 Å². The fourth-order valence-electron chi connectivity index (χ4n) is 2.37. The van der Waals surface area contributed by atoms with Crippen molar-refractivity contribution in [3.05, 3.63) is 22.8 Å². The molecule has 1 saturated carbocycles. The molecule has 1 aromatic carbocycles. The van der Waals surface area contributed by atoms with Crippen LogP contribution in [0.15, 0.2) is 12.1 Å². The Morgan fingerprint density at radius 1 is 1.20 bits per heavy atom. The fraction of sp³-hybridized carbons (Fsp3) is 0.571. The maximum Gasteiger partial charge on any atom is 0.146 e. The van der Waals surface area contributed by atoms with E-state index in [1.54, 1.807) is 0 Å². The van der Waals surface area contributed by atoms with E-state index in [2.05, 4.69) is 92.1 Å². The number of halogens is 3. The van der Waals surface area contributed by atoms with Gasteiger partial charge in [-0.25, -0.2) is 0 Å². The summed E-state index contributed by atoms with van der Waals surface area (Å²) in [7, 11) is 0. The number of benzene rings is 1. The first-order valence-electron chi connectivity index (χ1n) is 6.73. The summed E-state index contributed by atoms with van der Waals surface area (Å²) >= 11 is 7.03. The lowest BCUT2D eigenvalue weighted by Gasteiger charge is -2.44.